The van der Waals surface area contributed by atoms with Gasteiger partial charge in [-0.1, -0.05) is 18.1 Å². The van der Waals surface area contributed by atoms with Crippen LogP contribution in [0.25, 0.3) is 0 Å². The van der Waals surface area contributed by atoms with E-state index in [1.807, 2.05) is 0 Å². The standard InChI is InChI=1S/C15H22N4O/c1-16-15(20)13-8-9-14(19-18-13)17-11-10-12-6-4-2-3-5-7-12/h6,8-9H,2-5,7,10-11H2,1H3,(H,16,20)(H,17,19). The molecule has 1 aromatic heterocycles. The average molecular weight is 274 g/mol. The summed E-state index contributed by atoms with van der Waals surface area (Å²) in [7, 11) is 1.58. The summed E-state index contributed by atoms with van der Waals surface area (Å²) in [6, 6.07) is 3.47. The van der Waals surface area contributed by atoms with Crippen molar-refractivity contribution in [3.63, 3.8) is 0 Å². The van der Waals surface area contributed by atoms with Crippen molar-refractivity contribution in [2.75, 3.05) is 18.9 Å². The summed E-state index contributed by atoms with van der Waals surface area (Å²) in [4.78, 5) is 11.3. The number of allylic oxidation sites excluding steroid dienone is 1. The van der Waals surface area contributed by atoms with E-state index in [-0.39, 0.29) is 5.91 Å². The minimum atomic E-state index is -0.215. The molecule has 0 radical (unpaired) electrons. The molecular formula is C15H22N4O. The van der Waals surface area contributed by atoms with E-state index in [1.165, 1.54) is 32.1 Å². The van der Waals surface area contributed by atoms with Crippen LogP contribution in [0.1, 0.15) is 49.0 Å². The Kier molecular flexibility index (Phi) is 5.53. The Morgan fingerprint density at radius 1 is 1.25 bits per heavy atom. The van der Waals surface area contributed by atoms with E-state index in [1.54, 1.807) is 24.8 Å². The van der Waals surface area contributed by atoms with Crippen LogP contribution < -0.4 is 10.6 Å². The number of nitrogens with one attached hydrogen (secondary N) is 2. The van der Waals surface area contributed by atoms with Crippen LogP contribution in [0.2, 0.25) is 0 Å². The van der Waals surface area contributed by atoms with Crippen molar-refractivity contribution < 1.29 is 4.79 Å². The van der Waals surface area contributed by atoms with Crippen LogP contribution in [0, 0.1) is 0 Å². The highest BCUT2D eigenvalue weighted by molar-refractivity contribution is 5.91. The highest BCUT2D eigenvalue weighted by atomic mass is 16.1. The number of aromatic nitrogens is 2. The Balaban J connectivity index is 1.79. The number of amides is 1. The zero-order chi connectivity index (χ0) is 14.2. The summed E-state index contributed by atoms with van der Waals surface area (Å²) in [5, 5.41) is 13.7. The van der Waals surface area contributed by atoms with Crippen molar-refractivity contribution in [1.29, 1.82) is 0 Å². The van der Waals surface area contributed by atoms with E-state index in [9.17, 15) is 4.79 Å². The number of nitrogens with zero attached hydrogens (tertiary/aromatic N) is 2. The van der Waals surface area contributed by atoms with Crippen LogP contribution in [0.5, 0.6) is 0 Å². The summed E-state index contributed by atoms with van der Waals surface area (Å²) >= 11 is 0. The fourth-order valence-corrected chi connectivity index (χ4v) is 2.34. The summed E-state index contributed by atoms with van der Waals surface area (Å²) in [6.45, 7) is 0.861. The lowest BCUT2D eigenvalue weighted by Crippen LogP contribution is -2.19. The third kappa shape index (κ3) is 4.33. The average Bonchev–Trinajstić information content (AvgIpc) is 2.76. The van der Waals surface area contributed by atoms with Crippen LogP contribution in [-0.2, 0) is 0 Å². The van der Waals surface area contributed by atoms with Gasteiger partial charge in [0.1, 0.15) is 5.82 Å². The molecule has 0 unspecified atom stereocenters. The van der Waals surface area contributed by atoms with Gasteiger partial charge in [0.15, 0.2) is 5.69 Å². The molecule has 5 heteroatoms. The Morgan fingerprint density at radius 3 is 2.90 bits per heavy atom. The van der Waals surface area contributed by atoms with Crippen LogP contribution in [0.4, 0.5) is 5.82 Å². The SMILES string of the molecule is CNC(=O)c1ccc(NCCC2=CCCCCC2)nn1. The molecular weight excluding hydrogens is 252 g/mol. The Labute approximate surface area is 119 Å². The van der Waals surface area contributed by atoms with E-state index < -0.39 is 0 Å². The second kappa shape index (κ2) is 7.62. The van der Waals surface area contributed by atoms with Crippen molar-refractivity contribution in [2.45, 2.75) is 38.5 Å². The molecule has 0 spiro atoms. The number of anilines is 1. The smallest absolute Gasteiger partial charge is 0.271 e. The predicted octanol–water partition coefficient (Wildman–Crippen LogP) is 2.53. The molecule has 5 nitrogen and oxygen atoms in total. The highest BCUT2D eigenvalue weighted by Gasteiger charge is 2.06. The first-order valence-corrected chi connectivity index (χ1v) is 7.27. The minimum Gasteiger partial charge on any atom is -0.368 e. The Bertz CT molecular complexity index is 467. The lowest BCUT2D eigenvalue weighted by atomic mass is 10.1. The first kappa shape index (κ1) is 14.5. The molecule has 0 saturated heterocycles. The predicted molar refractivity (Wildman–Crippen MR) is 79.7 cm³/mol. The molecule has 1 heterocycles. The van der Waals surface area contributed by atoms with Crippen molar-refractivity contribution in [1.82, 2.24) is 15.5 Å². The molecule has 2 rings (SSSR count). The lowest BCUT2D eigenvalue weighted by Gasteiger charge is -2.07. The molecule has 1 aliphatic carbocycles. The molecule has 1 aliphatic rings. The topological polar surface area (TPSA) is 66.9 Å². The van der Waals surface area contributed by atoms with Crippen LogP contribution in [-0.4, -0.2) is 29.7 Å². The summed E-state index contributed by atoms with van der Waals surface area (Å²) in [5.41, 5.74) is 1.88. The van der Waals surface area contributed by atoms with Gasteiger partial charge in [-0.2, -0.15) is 0 Å². The molecule has 2 N–H and O–H groups in total. The van der Waals surface area contributed by atoms with E-state index in [4.69, 9.17) is 0 Å². The zero-order valence-electron chi connectivity index (χ0n) is 12.0. The number of carbonyl (C=O) groups excluding carboxylic acids is 1. The fourth-order valence-electron chi connectivity index (χ4n) is 2.34. The van der Waals surface area contributed by atoms with E-state index >= 15 is 0 Å². The first-order valence-electron chi connectivity index (χ1n) is 7.27. The molecule has 20 heavy (non-hydrogen) atoms. The molecule has 0 fully saturated rings. The van der Waals surface area contributed by atoms with Crippen LogP contribution in [0.15, 0.2) is 23.8 Å². The summed E-state index contributed by atoms with van der Waals surface area (Å²) in [6.07, 6.45) is 9.86. The van der Waals surface area contributed by atoms with E-state index in [0.717, 1.165) is 13.0 Å². The maximum atomic E-state index is 11.3. The van der Waals surface area contributed by atoms with E-state index in [0.29, 0.717) is 11.5 Å². The molecule has 0 bridgehead atoms. The van der Waals surface area contributed by atoms with Gasteiger partial charge in [0.25, 0.3) is 5.91 Å². The number of hydrogen-bond acceptors (Lipinski definition) is 4. The number of carbonyl (C=O) groups is 1. The molecule has 0 atom stereocenters. The van der Waals surface area contributed by atoms with Crippen molar-refractivity contribution >= 4 is 11.7 Å². The zero-order valence-corrected chi connectivity index (χ0v) is 12.0. The molecule has 1 amide bonds. The Morgan fingerprint density at radius 2 is 2.15 bits per heavy atom. The maximum absolute atomic E-state index is 11.3. The van der Waals surface area contributed by atoms with Gasteiger partial charge in [-0.15, -0.1) is 10.2 Å². The molecule has 108 valence electrons. The third-order valence-electron chi connectivity index (χ3n) is 3.51. The van der Waals surface area contributed by atoms with Crippen molar-refractivity contribution in [2.24, 2.45) is 0 Å². The van der Waals surface area contributed by atoms with Gasteiger partial charge in [0.2, 0.25) is 0 Å². The molecule has 0 aliphatic heterocycles. The van der Waals surface area contributed by atoms with Crippen molar-refractivity contribution in [3.05, 3.63) is 29.5 Å². The summed E-state index contributed by atoms with van der Waals surface area (Å²) < 4.78 is 0. The molecule has 1 aromatic rings. The largest absolute Gasteiger partial charge is 0.368 e. The second-order valence-corrected chi connectivity index (χ2v) is 5.02. The summed E-state index contributed by atoms with van der Waals surface area (Å²) in [5.74, 6) is 0.500. The molecule has 0 aromatic carbocycles. The second-order valence-electron chi connectivity index (χ2n) is 5.02. The van der Waals surface area contributed by atoms with Gasteiger partial charge in [-0.3, -0.25) is 4.79 Å². The van der Waals surface area contributed by atoms with Gasteiger partial charge >= 0.3 is 0 Å². The maximum Gasteiger partial charge on any atom is 0.271 e. The number of hydrogen-bond donors (Lipinski definition) is 2. The quantitative estimate of drug-likeness (QED) is 0.810. The van der Waals surface area contributed by atoms with E-state index in [2.05, 4.69) is 26.9 Å². The van der Waals surface area contributed by atoms with Gasteiger partial charge in [-0.25, -0.2) is 0 Å². The fraction of sp³-hybridized carbons (Fsp3) is 0.533. The monoisotopic (exact) mass is 274 g/mol. The van der Waals surface area contributed by atoms with Crippen LogP contribution >= 0.6 is 0 Å². The van der Waals surface area contributed by atoms with Gasteiger partial charge < -0.3 is 10.6 Å². The highest BCUT2D eigenvalue weighted by Crippen LogP contribution is 2.19. The minimum absolute atomic E-state index is 0.215. The third-order valence-corrected chi connectivity index (χ3v) is 3.51. The first-order chi connectivity index (χ1) is 9.79. The number of rotatable bonds is 5. The lowest BCUT2D eigenvalue weighted by molar-refractivity contribution is 0.0957. The Hall–Kier alpha value is -1.91. The van der Waals surface area contributed by atoms with Gasteiger partial charge in [0, 0.05) is 13.6 Å². The van der Waals surface area contributed by atoms with Crippen LogP contribution in [0.3, 0.4) is 0 Å². The van der Waals surface area contributed by atoms with Gasteiger partial charge in [-0.05, 0) is 44.2 Å². The normalized spacial score (nSPS) is 15.2. The van der Waals surface area contributed by atoms with Crippen molar-refractivity contribution in [3.8, 4) is 0 Å². The molecule has 0 saturated carbocycles. The van der Waals surface area contributed by atoms with Gasteiger partial charge in [0.05, 0.1) is 0 Å².